The van der Waals surface area contributed by atoms with E-state index in [1.807, 2.05) is 6.20 Å². The number of nitrogens with one attached hydrogen (secondary N) is 1. The molecule has 0 aromatic carbocycles. The molecule has 144 valence electrons. The number of hydrogen-bond acceptors (Lipinski definition) is 6. The zero-order valence-electron chi connectivity index (χ0n) is 15.7. The topological polar surface area (TPSA) is 78.3 Å². The van der Waals surface area contributed by atoms with E-state index in [-0.39, 0.29) is 5.56 Å². The molecule has 0 atom stereocenters. The molecule has 2 aliphatic heterocycles. The van der Waals surface area contributed by atoms with Crippen molar-refractivity contribution in [2.45, 2.75) is 32.4 Å². The molecule has 5 heterocycles. The first kappa shape index (κ1) is 17.2. The van der Waals surface area contributed by atoms with E-state index in [9.17, 15) is 4.79 Å². The lowest BCUT2D eigenvalue weighted by atomic mass is 10.1. The van der Waals surface area contributed by atoms with Crippen molar-refractivity contribution in [1.82, 2.24) is 19.9 Å². The number of aromatic amines is 1. The number of H-pyrrole nitrogens is 1. The normalized spacial score (nSPS) is 17.1. The van der Waals surface area contributed by atoms with Gasteiger partial charge < -0.3 is 14.3 Å². The van der Waals surface area contributed by atoms with Gasteiger partial charge in [-0.1, -0.05) is 6.07 Å². The summed E-state index contributed by atoms with van der Waals surface area (Å²) >= 11 is 0. The Morgan fingerprint density at radius 2 is 2.04 bits per heavy atom. The van der Waals surface area contributed by atoms with Crippen LogP contribution in [0.5, 0.6) is 0 Å². The molecule has 7 nitrogen and oxygen atoms in total. The molecule has 1 N–H and O–H groups in total. The third-order valence-corrected chi connectivity index (χ3v) is 5.55. The highest BCUT2D eigenvalue weighted by Crippen LogP contribution is 2.21. The van der Waals surface area contributed by atoms with Gasteiger partial charge in [-0.15, -0.1) is 0 Å². The summed E-state index contributed by atoms with van der Waals surface area (Å²) in [7, 11) is 0. The van der Waals surface area contributed by atoms with Crippen LogP contribution in [0, 0.1) is 0 Å². The van der Waals surface area contributed by atoms with Gasteiger partial charge in [0, 0.05) is 45.3 Å². The van der Waals surface area contributed by atoms with Gasteiger partial charge in [0.15, 0.2) is 11.6 Å². The lowest BCUT2D eigenvalue weighted by molar-refractivity contribution is 0.241. The van der Waals surface area contributed by atoms with Gasteiger partial charge in [0.1, 0.15) is 5.82 Å². The highest BCUT2D eigenvalue weighted by molar-refractivity contribution is 5.47. The van der Waals surface area contributed by atoms with Crippen molar-refractivity contribution in [2.24, 2.45) is 0 Å². The van der Waals surface area contributed by atoms with Gasteiger partial charge in [-0.05, 0) is 36.6 Å². The predicted octanol–water partition coefficient (Wildman–Crippen LogP) is 2.58. The molecule has 0 bridgehead atoms. The number of furan rings is 1. The SMILES string of the molecule is O=c1[nH]c(-c2ccco2)nc2c1CN(Cc1ccc(N3CCCC3)nc1)CC2. The molecule has 0 saturated carbocycles. The van der Waals surface area contributed by atoms with Crippen LogP contribution in [0.4, 0.5) is 5.82 Å². The van der Waals surface area contributed by atoms with Crippen LogP contribution in [0.2, 0.25) is 0 Å². The quantitative estimate of drug-likeness (QED) is 0.753. The summed E-state index contributed by atoms with van der Waals surface area (Å²) in [6, 6.07) is 7.86. The van der Waals surface area contributed by atoms with Crippen LogP contribution in [-0.2, 0) is 19.5 Å². The molecule has 3 aromatic rings. The first-order chi connectivity index (χ1) is 13.8. The smallest absolute Gasteiger partial charge is 0.256 e. The molecule has 5 rings (SSSR count). The van der Waals surface area contributed by atoms with Crippen LogP contribution in [0.1, 0.15) is 29.7 Å². The fraction of sp³-hybridized carbons (Fsp3) is 0.381. The highest BCUT2D eigenvalue weighted by atomic mass is 16.3. The molecule has 1 fully saturated rings. The minimum Gasteiger partial charge on any atom is -0.461 e. The standard InChI is InChI=1S/C21H23N5O2/c27-21-16-14-25(10-7-17(16)23-20(24-21)18-4-3-11-28-18)13-15-5-6-19(22-12-15)26-8-1-2-9-26/h3-6,11-12H,1-2,7-10,13-14H2,(H,23,24,27). The summed E-state index contributed by atoms with van der Waals surface area (Å²) in [5, 5.41) is 0. The highest BCUT2D eigenvalue weighted by Gasteiger charge is 2.22. The minimum atomic E-state index is -0.0800. The zero-order chi connectivity index (χ0) is 18.9. The fourth-order valence-corrected chi connectivity index (χ4v) is 4.05. The summed E-state index contributed by atoms with van der Waals surface area (Å²) in [4.78, 5) is 29.3. The van der Waals surface area contributed by atoms with E-state index in [0.29, 0.717) is 18.1 Å². The largest absolute Gasteiger partial charge is 0.461 e. The van der Waals surface area contributed by atoms with Crippen LogP contribution in [-0.4, -0.2) is 39.5 Å². The third-order valence-electron chi connectivity index (χ3n) is 5.55. The van der Waals surface area contributed by atoms with E-state index in [1.165, 1.54) is 18.4 Å². The molecule has 2 aliphatic rings. The predicted molar refractivity (Wildman–Crippen MR) is 106 cm³/mol. The monoisotopic (exact) mass is 377 g/mol. The number of anilines is 1. The van der Waals surface area contributed by atoms with Gasteiger partial charge in [0.05, 0.1) is 17.5 Å². The van der Waals surface area contributed by atoms with E-state index in [2.05, 4.69) is 36.9 Å². The van der Waals surface area contributed by atoms with Gasteiger partial charge in [-0.2, -0.15) is 0 Å². The molecule has 0 radical (unpaired) electrons. The molecule has 0 unspecified atom stereocenters. The van der Waals surface area contributed by atoms with Gasteiger partial charge in [0.25, 0.3) is 5.56 Å². The number of rotatable bonds is 4. The number of nitrogens with zero attached hydrogens (tertiary/aromatic N) is 4. The maximum atomic E-state index is 12.6. The summed E-state index contributed by atoms with van der Waals surface area (Å²) < 4.78 is 5.36. The van der Waals surface area contributed by atoms with Crippen LogP contribution in [0.15, 0.2) is 45.9 Å². The lowest BCUT2D eigenvalue weighted by Gasteiger charge is -2.27. The van der Waals surface area contributed by atoms with Crippen LogP contribution in [0.3, 0.4) is 0 Å². The molecular weight excluding hydrogens is 354 g/mol. The van der Waals surface area contributed by atoms with Crippen molar-refractivity contribution in [1.29, 1.82) is 0 Å². The zero-order valence-corrected chi connectivity index (χ0v) is 15.7. The van der Waals surface area contributed by atoms with Crippen molar-refractivity contribution in [2.75, 3.05) is 24.5 Å². The molecule has 0 spiro atoms. The third kappa shape index (κ3) is 3.33. The summed E-state index contributed by atoms with van der Waals surface area (Å²) in [5.41, 5.74) is 2.71. The molecule has 7 heteroatoms. The van der Waals surface area contributed by atoms with Gasteiger partial charge in [0.2, 0.25) is 0 Å². The average molecular weight is 377 g/mol. The van der Waals surface area contributed by atoms with Gasteiger partial charge >= 0.3 is 0 Å². The molecular formula is C21H23N5O2. The van der Waals surface area contributed by atoms with E-state index in [4.69, 9.17) is 4.42 Å². The van der Waals surface area contributed by atoms with Crippen molar-refractivity contribution >= 4 is 5.82 Å². The Labute approximate surface area is 163 Å². The number of aromatic nitrogens is 3. The Balaban J connectivity index is 1.30. The van der Waals surface area contributed by atoms with E-state index in [1.54, 1.807) is 18.4 Å². The average Bonchev–Trinajstić information content (AvgIpc) is 3.43. The van der Waals surface area contributed by atoms with Gasteiger partial charge in [-0.3, -0.25) is 9.69 Å². The summed E-state index contributed by atoms with van der Waals surface area (Å²) in [5.74, 6) is 2.16. The maximum Gasteiger partial charge on any atom is 0.256 e. The maximum absolute atomic E-state index is 12.6. The molecule has 0 aliphatic carbocycles. The number of hydrogen-bond donors (Lipinski definition) is 1. The van der Waals surface area contributed by atoms with Crippen LogP contribution >= 0.6 is 0 Å². The number of pyridine rings is 1. The lowest BCUT2D eigenvalue weighted by Crippen LogP contribution is -2.35. The Kier molecular flexibility index (Phi) is 4.44. The van der Waals surface area contributed by atoms with Crippen molar-refractivity contribution in [3.63, 3.8) is 0 Å². The second-order valence-corrected chi connectivity index (χ2v) is 7.50. The Bertz CT molecular complexity index is 1000. The molecule has 3 aromatic heterocycles. The van der Waals surface area contributed by atoms with Crippen LogP contribution < -0.4 is 10.5 Å². The minimum absolute atomic E-state index is 0.0800. The van der Waals surface area contributed by atoms with E-state index in [0.717, 1.165) is 49.7 Å². The Morgan fingerprint density at radius 3 is 2.79 bits per heavy atom. The first-order valence-electron chi connectivity index (χ1n) is 9.84. The first-order valence-corrected chi connectivity index (χ1v) is 9.84. The van der Waals surface area contributed by atoms with Crippen molar-refractivity contribution in [3.05, 3.63) is 63.9 Å². The summed E-state index contributed by atoms with van der Waals surface area (Å²) in [6.07, 6.45) is 6.80. The molecule has 1 saturated heterocycles. The summed E-state index contributed by atoms with van der Waals surface area (Å²) in [6.45, 7) is 4.46. The Hall–Kier alpha value is -2.93. The fourth-order valence-electron chi connectivity index (χ4n) is 4.05. The van der Waals surface area contributed by atoms with Gasteiger partial charge in [-0.25, -0.2) is 9.97 Å². The Morgan fingerprint density at radius 1 is 1.14 bits per heavy atom. The second-order valence-electron chi connectivity index (χ2n) is 7.50. The van der Waals surface area contributed by atoms with Crippen molar-refractivity contribution < 1.29 is 4.42 Å². The second kappa shape index (κ2) is 7.24. The molecule has 0 amide bonds. The van der Waals surface area contributed by atoms with E-state index >= 15 is 0 Å². The number of fused-ring (bicyclic) bond motifs is 1. The van der Waals surface area contributed by atoms with Crippen LogP contribution in [0.25, 0.3) is 11.6 Å². The van der Waals surface area contributed by atoms with Crippen molar-refractivity contribution in [3.8, 4) is 11.6 Å². The molecule has 28 heavy (non-hydrogen) atoms. The van der Waals surface area contributed by atoms with E-state index < -0.39 is 0 Å².